The van der Waals surface area contributed by atoms with Crippen LogP contribution < -0.4 is 5.32 Å². The van der Waals surface area contributed by atoms with Crippen LogP contribution in [0.2, 0.25) is 0 Å². The zero-order valence-electron chi connectivity index (χ0n) is 12.0. The Kier molecular flexibility index (Phi) is 4.67. The summed E-state index contributed by atoms with van der Waals surface area (Å²) < 4.78 is 0. The predicted octanol–water partition coefficient (Wildman–Crippen LogP) is 2.74. The van der Waals surface area contributed by atoms with Gasteiger partial charge in [-0.1, -0.05) is 6.92 Å². The monoisotopic (exact) mass is 292 g/mol. The van der Waals surface area contributed by atoms with E-state index in [0.29, 0.717) is 19.0 Å². The van der Waals surface area contributed by atoms with Crippen LogP contribution in [0.1, 0.15) is 36.5 Å². The number of likely N-dealkylation sites (tertiary alicyclic amines) is 1. The van der Waals surface area contributed by atoms with E-state index in [9.17, 15) is 14.7 Å². The number of amides is 2. The van der Waals surface area contributed by atoms with E-state index in [4.69, 9.17) is 5.11 Å². The van der Waals surface area contributed by atoms with E-state index in [1.54, 1.807) is 4.90 Å². The molecule has 114 valence electrons. The van der Waals surface area contributed by atoms with E-state index in [-0.39, 0.29) is 23.0 Å². The summed E-state index contributed by atoms with van der Waals surface area (Å²) >= 11 is 0. The number of nitrogens with one attached hydrogen (secondary N) is 1. The Morgan fingerprint density at radius 1 is 1.29 bits per heavy atom. The number of aromatic carboxylic acids is 1. The number of carbonyl (C=O) groups is 2. The standard InChI is InChI=1S/C15H20N2O4/c1-10-3-2-7-17(8-6-10)15(21)16-13-5-4-11(18)9-12(13)14(19)20/h4-5,9-10,18H,2-3,6-8H2,1H3,(H,16,21)(H,19,20). The van der Waals surface area contributed by atoms with Gasteiger partial charge in [-0.05, 0) is 43.4 Å². The Labute approximate surface area is 123 Å². The number of hydrogen-bond donors (Lipinski definition) is 3. The van der Waals surface area contributed by atoms with Gasteiger partial charge in [-0.15, -0.1) is 0 Å². The fourth-order valence-corrected chi connectivity index (χ4v) is 2.48. The summed E-state index contributed by atoms with van der Waals surface area (Å²) in [5.74, 6) is -0.731. The largest absolute Gasteiger partial charge is 0.508 e. The molecule has 6 heteroatoms. The first kappa shape index (κ1) is 15.2. The van der Waals surface area contributed by atoms with Crippen LogP contribution >= 0.6 is 0 Å². The summed E-state index contributed by atoms with van der Waals surface area (Å²) in [5.41, 5.74) is 0.0779. The van der Waals surface area contributed by atoms with Gasteiger partial charge in [0, 0.05) is 13.1 Å². The lowest BCUT2D eigenvalue weighted by atomic mass is 10.0. The Bertz CT molecular complexity index is 544. The van der Waals surface area contributed by atoms with Gasteiger partial charge >= 0.3 is 12.0 Å². The quantitative estimate of drug-likeness (QED) is 0.731. The second-order valence-corrected chi connectivity index (χ2v) is 5.49. The van der Waals surface area contributed by atoms with E-state index < -0.39 is 5.97 Å². The van der Waals surface area contributed by atoms with E-state index in [2.05, 4.69) is 12.2 Å². The Morgan fingerprint density at radius 3 is 2.76 bits per heavy atom. The van der Waals surface area contributed by atoms with Gasteiger partial charge in [0.05, 0.1) is 11.3 Å². The van der Waals surface area contributed by atoms with Gasteiger partial charge in [-0.2, -0.15) is 0 Å². The smallest absolute Gasteiger partial charge is 0.337 e. The van der Waals surface area contributed by atoms with Crippen molar-refractivity contribution in [1.29, 1.82) is 0 Å². The molecule has 1 heterocycles. The van der Waals surface area contributed by atoms with Crippen molar-refractivity contribution >= 4 is 17.7 Å². The molecule has 1 atom stereocenters. The molecule has 0 saturated carbocycles. The Balaban J connectivity index is 2.10. The SMILES string of the molecule is CC1CCCN(C(=O)Nc2ccc(O)cc2C(=O)O)CC1. The molecule has 1 fully saturated rings. The van der Waals surface area contributed by atoms with Crippen LogP contribution in [-0.2, 0) is 0 Å². The number of rotatable bonds is 2. The Morgan fingerprint density at radius 2 is 2.05 bits per heavy atom. The lowest BCUT2D eigenvalue weighted by Gasteiger charge is -2.21. The molecule has 2 amide bonds. The molecular formula is C15H20N2O4. The normalized spacial score (nSPS) is 18.9. The van der Waals surface area contributed by atoms with Gasteiger partial charge < -0.3 is 20.4 Å². The van der Waals surface area contributed by atoms with Crippen molar-refractivity contribution < 1.29 is 19.8 Å². The molecule has 0 radical (unpaired) electrons. The number of hydrogen-bond acceptors (Lipinski definition) is 3. The number of benzene rings is 1. The summed E-state index contributed by atoms with van der Waals surface area (Å²) in [5, 5.41) is 21.1. The van der Waals surface area contributed by atoms with Crippen LogP contribution in [0.3, 0.4) is 0 Å². The van der Waals surface area contributed by atoms with Crippen LogP contribution in [0.5, 0.6) is 5.75 Å². The molecule has 1 aliphatic heterocycles. The van der Waals surface area contributed by atoms with Crippen molar-refractivity contribution in [3.05, 3.63) is 23.8 Å². The highest BCUT2D eigenvalue weighted by atomic mass is 16.4. The highest BCUT2D eigenvalue weighted by Crippen LogP contribution is 2.23. The van der Waals surface area contributed by atoms with Gasteiger partial charge in [-0.3, -0.25) is 0 Å². The third kappa shape index (κ3) is 3.87. The molecule has 1 unspecified atom stereocenters. The first-order valence-electron chi connectivity index (χ1n) is 7.09. The van der Waals surface area contributed by atoms with E-state index in [0.717, 1.165) is 25.3 Å². The minimum absolute atomic E-state index is 0.119. The number of phenolic OH excluding ortho intramolecular Hbond substituents is 1. The predicted molar refractivity (Wildman–Crippen MR) is 78.7 cm³/mol. The van der Waals surface area contributed by atoms with Gasteiger partial charge in [0.2, 0.25) is 0 Å². The van der Waals surface area contributed by atoms with Crippen molar-refractivity contribution in [3.63, 3.8) is 0 Å². The number of phenols is 1. The second-order valence-electron chi connectivity index (χ2n) is 5.49. The molecule has 0 aliphatic carbocycles. The lowest BCUT2D eigenvalue weighted by molar-refractivity contribution is 0.0697. The Hall–Kier alpha value is -2.24. The van der Waals surface area contributed by atoms with Crippen molar-refractivity contribution in [1.82, 2.24) is 4.90 Å². The number of anilines is 1. The molecule has 1 aromatic carbocycles. The number of carbonyl (C=O) groups excluding carboxylic acids is 1. The molecule has 0 spiro atoms. The molecule has 1 aromatic rings. The molecule has 6 nitrogen and oxygen atoms in total. The zero-order chi connectivity index (χ0) is 15.4. The molecule has 1 saturated heterocycles. The fraction of sp³-hybridized carbons (Fsp3) is 0.467. The lowest BCUT2D eigenvalue weighted by Crippen LogP contribution is -2.36. The average molecular weight is 292 g/mol. The molecule has 3 N–H and O–H groups in total. The topological polar surface area (TPSA) is 89.9 Å². The first-order valence-corrected chi connectivity index (χ1v) is 7.09. The third-order valence-corrected chi connectivity index (χ3v) is 3.78. The van der Waals surface area contributed by atoms with Crippen molar-refractivity contribution in [3.8, 4) is 5.75 Å². The fourth-order valence-electron chi connectivity index (χ4n) is 2.48. The van der Waals surface area contributed by atoms with E-state index in [1.165, 1.54) is 12.1 Å². The van der Waals surface area contributed by atoms with Crippen LogP contribution in [0.25, 0.3) is 0 Å². The minimum atomic E-state index is -1.19. The summed E-state index contributed by atoms with van der Waals surface area (Å²) in [6.45, 7) is 3.52. The zero-order valence-corrected chi connectivity index (χ0v) is 12.0. The van der Waals surface area contributed by atoms with E-state index in [1.807, 2.05) is 0 Å². The summed E-state index contributed by atoms with van der Waals surface area (Å²) in [4.78, 5) is 25.1. The maximum Gasteiger partial charge on any atom is 0.337 e. The molecular weight excluding hydrogens is 272 g/mol. The molecule has 0 aromatic heterocycles. The van der Waals surface area contributed by atoms with Crippen molar-refractivity contribution in [2.75, 3.05) is 18.4 Å². The summed E-state index contributed by atoms with van der Waals surface area (Å²) in [6, 6.07) is 3.59. The second kappa shape index (κ2) is 6.47. The number of nitrogens with zero attached hydrogens (tertiary/aromatic N) is 1. The van der Waals surface area contributed by atoms with Crippen LogP contribution in [-0.4, -0.2) is 40.2 Å². The van der Waals surface area contributed by atoms with Gasteiger partial charge in [-0.25, -0.2) is 9.59 Å². The first-order chi connectivity index (χ1) is 9.97. The van der Waals surface area contributed by atoms with Crippen LogP contribution in [0.4, 0.5) is 10.5 Å². The average Bonchev–Trinajstić information content (AvgIpc) is 2.65. The van der Waals surface area contributed by atoms with Gasteiger partial charge in [0.25, 0.3) is 0 Å². The number of carboxylic acid groups (broad SMARTS) is 1. The summed E-state index contributed by atoms with van der Waals surface area (Å²) in [6.07, 6.45) is 3.01. The van der Waals surface area contributed by atoms with E-state index >= 15 is 0 Å². The maximum absolute atomic E-state index is 12.2. The number of carboxylic acids is 1. The van der Waals surface area contributed by atoms with Crippen LogP contribution in [0, 0.1) is 5.92 Å². The molecule has 1 aliphatic rings. The van der Waals surface area contributed by atoms with Gasteiger partial charge in [0.15, 0.2) is 0 Å². The highest BCUT2D eigenvalue weighted by molar-refractivity contribution is 6.00. The third-order valence-electron chi connectivity index (χ3n) is 3.78. The van der Waals surface area contributed by atoms with Crippen LogP contribution in [0.15, 0.2) is 18.2 Å². The molecule has 2 rings (SSSR count). The maximum atomic E-state index is 12.2. The summed E-state index contributed by atoms with van der Waals surface area (Å²) in [7, 11) is 0. The van der Waals surface area contributed by atoms with Gasteiger partial charge in [0.1, 0.15) is 5.75 Å². The molecule has 0 bridgehead atoms. The molecule has 21 heavy (non-hydrogen) atoms. The number of aromatic hydroxyl groups is 1. The highest BCUT2D eigenvalue weighted by Gasteiger charge is 2.20. The minimum Gasteiger partial charge on any atom is -0.508 e. The van der Waals surface area contributed by atoms with Crippen molar-refractivity contribution in [2.24, 2.45) is 5.92 Å². The van der Waals surface area contributed by atoms with Crippen molar-refractivity contribution in [2.45, 2.75) is 26.2 Å². The number of urea groups is 1.